The van der Waals surface area contributed by atoms with Gasteiger partial charge in [-0.05, 0) is 49.2 Å². The van der Waals surface area contributed by atoms with Crippen molar-refractivity contribution in [3.05, 3.63) is 70.6 Å². The summed E-state index contributed by atoms with van der Waals surface area (Å²) in [5.74, 6) is 0.742. The van der Waals surface area contributed by atoms with Gasteiger partial charge in [-0.25, -0.2) is 4.79 Å². The minimum absolute atomic E-state index is 0.338. The number of fused-ring (bicyclic) bond motifs is 1. The van der Waals surface area contributed by atoms with Crippen LogP contribution in [0, 0.1) is 6.92 Å². The minimum Gasteiger partial charge on any atom is -0.493 e. The lowest BCUT2D eigenvalue weighted by atomic mass is 10.2. The molecule has 5 heteroatoms. The lowest BCUT2D eigenvalue weighted by molar-refractivity contribution is 0.225. The van der Waals surface area contributed by atoms with E-state index in [-0.39, 0.29) is 5.63 Å². The lowest BCUT2D eigenvalue weighted by Crippen LogP contribution is -2.46. The van der Waals surface area contributed by atoms with Crippen LogP contribution in [-0.4, -0.2) is 44.2 Å². The fourth-order valence-corrected chi connectivity index (χ4v) is 3.66. The SMILES string of the molecule is Cc1cccc(N2CCN(CCCOc3ccc4ccc(=O)oc4c3)CC2)c1. The van der Waals surface area contributed by atoms with E-state index in [2.05, 4.69) is 41.0 Å². The summed E-state index contributed by atoms with van der Waals surface area (Å²) in [4.78, 5) is 16.3. The zero-order chi connectivity index (χ0) is 19.3. The average molecular weight is 378 g/mol. The molecule has 3 aromatic rings. The summed E-state index contributed by atoms with van der Waals surface area (Å²) in [6.45, 7) is 8.11. The summed E-state index contributed by atoms with van der Waals surface area (Å²) in [5.41, 5.74) is 2.86. The Labute approximate surface area is 165 Å². The Morgan fingerprint density at radius 3 is 2.64 bits per heavy atom. The van der Waals surface area contributed by atoms with Crippen LogP contribution in [0.25, 0.3) is 11.0 Å². The highest BCUT2D eigenvalue weighted by atomic mass is 16.5. The number of nitrogens with zero attached hydrogens (tertiary/aromatic N) is 2. The number of anilines is 1. The van der Waals surface area contributed by atoms with Crippen LogP contribution in [0.3, 0.4) is 0 Å². The van der Waals surface area contributed by atoms with E-state index in [1.54, 1.807) is 12.1 Å². The van der Waals surface area contributed by atoms with Gasteiger partial charge in [-0.1, -0.05) is 12.1 Å². The Bertz CT molecular complexity index is 990. The van der Waals surface area contributed by atoms with Crippen LogP contribution in [0.5, 0.6) is 5.75 Å². The summed E-state index contributed by atoms with van der Waals surface area (Å²) in [6, 6.07) is 17.5. The molecule has 0 aliphatic carbocycles. The van der Waals surface area contributed by atoms with E-state index in [4.69, 9.17) is 9.15 Å². The second-order valence-corrected chi connectivity index (χ2v) is 7.32. The monoisotopic (exact) mass is 378 g/mol. The molecule has 146 valence electrons. The molecule has 0 bridgehead atoms. The molecule has 0 N–H and O–H groups in total. The maximum absolute atomic E-state index is 11.3. The van der Waals surface area contributed by atoms with Gasteiger partial charge in [0.05, 0.1) is 6.61 Å². The average Bonchev–Trinajstić information content (AvgIpc) is 2.71. The zero-order valence-electron chi connectivity index (χ0n) is 16.3. The summed E-state index contributed by atoms with van der Waals surface area (Å²) >= 11 is 0. The smallest absolute Gasteiger partial charge is 0.336 e. The predicted molar refractivity (Wildman–Crippen MR) is 112 cm³/mol. The van der Waals surface area contributed by atoms with Crippen molar-refractivity contribution in [1.82, 2.24) is 4.90 Å². The number of hydrogen-bond donors (Lipinski definition) is 0. The van der Waals surface area contributed by atoms with Crippen molar-refractivity contribution in [3.8, 4) is 5.75 Å². The van der Waals surface area contributed by atoms with Crippen LogP contribution in [0.4, 0.5) is 5.69 Å². The van der Waals surface area contributed by atoms with E-state index in [9.17, 15) is 4.79 Å². The van der Waals surface area contributed by atoms with Crippen molar-refractivity contribution in [1.29, 1.82) is 0 Å². The highest BCUT2D eigenvalue weighted by Gasteiger charge is 2.16. The van der Waals surface area contributed by atoms with Crippen molar-refractivity contribution in [2.75, 3.05) is 44.2 Å². The minimum atomic E-state index is -0.338. The Hall–Kier alpha value is -2.79. The van der Waals surface area contributed by atoms with E-state index in [1.807, 2.05) is 12.1 Å². The Balaban J connectivity index is 1.21. The molecule has 1 fully saturated rings. The predicted octanol–water partition coefficient (Wildman–Crippen LogP) is 3.69. The van der Waals surface area contributed by atoms with Gasteiger partial charge >= 0.3 is 5.63 Å². The third kappa shape index (κ3) is 4.54. The number of aryl methyl sites for hydroxylation is 1. The molecule has 1 aromatic heterocycles. The van der Waals surface area contributed by atoms with Gasteiger partial charge < -0.3 is 14.1 Å². The van der Waals surface area contributed by atoms with Crippen molar-refractivity contribution in [3.63, 3.8) is 0 Å². The quantitative estimate of drug-likeness (QED) is 0.484. The van der Waals surface area contributed by atoms with Gasteiger partial charge in [0.25, 0.3) is 0 Å². The molecule has 2 heterocycles. The highest BCUT2D eigenvalue weighted by molar-refractivity contribution is 5.77. The summed E-state index contributed by atoms with van der Waals surface area (Å²) in [7, 11) is 0. The first-order valence-electron chi connectivity index (χ1n) is 9.88. The normalized spacial score (nSPS) is 15.1. The first-order chi connectivity index (χ1) is 13.7. The van der Waals surface area contributed by atoms with Crippen LogP contribution in [-0.2, 0) is 0 Å². The first-order valence-corrected chi connectivity index (χ1v) is 9.88. The van der Waals surface area contributed by atoms with Gasteiger partial charge in [0.1, 0.15) is 11.3 Å². The van der Waals surface area contributed by atoms with Gasteiger partial charge in [-0.15, -0.1) is 0 Å². The number of ether oxygens (including phenoxy) is 1. The van der Waals surface area contributed by atoms with Crippen molar-refractivity contribution >= 4 is 16.7 Å². The number of piperazine rings is 1. The molecule has 1 aliphatic heterocycles. The summed E-state index contributed by atoms with van der Waals surface area (Å²) in [6.07, 6.45) is 0.973. The standard InChI is InChI=1S/C23H26N2O3/c1-18-4-2-5-20(16-18)25-13-11-24(12-14-25)10-3-15-27-21-8-6-19-7-9-23(26)28-22(19)17-21/h2,4-9,16-17H,3,10-15H2,1H3. The van der Waals surface area contributed by atoms with E-state index >= 15 is 0 Å². The fourth-order valence-electron chi connectivity index (χ4n) is 3.66. The fraction of sp³-hybridized carbons (Fsp3) is 0.348. The molecule has 2 aromatic carbocycles. The van der Waals surface area contributed by atoms with Crippen LogP contribution in [0.15, 0.2) is 63.8 Å². The van der Waals surface area contributed by atoms with Gasteiger partial charge in [0.15, 0.2) is 0 Å². The van der Waals surface area contributed by atoms with Gasteiger partial charge in [0, 0.05) is 55.9 Å². The van der Waals surface area contributed by atoms with Gasteiger partial charge in [-0.2, -0.15) is 0 Å². The molecule has 0 spiro atoms. The molecule has 0 saturated carbocycles. The van der Waals surface area contributed by atoms with Crippen LogP contribution in [0.2, 0.25) is 0 Å². The molecule has 1 aliphatic rings. The lowest BCUT2D eigenvalue weighted by Gasteiger charge is -2.36. The largest absolute Gasteiger partial charge is 0.493 e. The van der Waals surface area contributed by atoms with Crippen molar-refractivity contribution < 1.29 is 9.15 Å². The molecule has 1 saturated heterocycles. The third-order valence-electron chi connectivity index (χ3n) is 5.22. The van der Waals surface area contributed by atoms with Crippen LogP contribution >= 0.6 is 0 Å². The van der Waals surface area contributed by atoms with E-state index in [1.165, 1.54) is 17.3 Å². The number of rotatable bonds is 6. The molecule has 28 heavy (non-hydrogen) atoms. The first kappa shape index (κ1) is 18.6. The summed E-state index contributed by atoms with van der Waals surface area (Å²) in [5, 5.41) is 0.901. The molecular weight excluding hydrogens is 352 g/mol. The van der Waals surface area contributed by atoms with E-state index in [0.717, 1.165) is 50.3 Å². The molecule has 0 atom stereocenters. The zero-order valence-corrected chi connectivity index (χ0v) is 16.3. The van der Waals surface area contributed by atoms with Crippen LogP contribution < -0.4 is 15.3 Å². The Morgan fingerprint density at radius 2 is 1.82 bits per heavy atom. The second kappa shape index (κ2) is 8.48. The molecule has 4 rings (SSSR count). The maximum Gasteiger partial charge on any atom is 0.336 e. The Kier molecular flexibility index (Phi) is 5.63. The van der Waals surface area contributed by atoms with Gasteiger partial charge in [-0.3, -0.25) is 4.90 Å². The van der Waals surface area contributed by atoms with E-state index in [0.29, 0.717) is 12.2 Å². The number of hydrogen-bond acceptors (Lipinski definition) is 5. The molecule has 5 nitrogen and oxygen atoms in total. The van der Waals surface area contributed by atoms with Crippen LogP contribution in [0.1, 0.15) is 12.0 Å². The summed E-state index contributed by atoms with van der Waals surface area (Å²) < 4.78 is 11.1. The highest BCUT2D eigenvalue weighted by Crippen LogP contribution is 2.20. The Morgan fingerprint density at radius 1 is 1.00 bits per heavy atom. The molecule has 0 amide bonds. The van der Waals surface area contributed by atoms with Gasteiger partial charge in [0.2, 0.25) is 0 Å². The number of benzene rings is 2. The molecular formula is C23H26N2O3. The second-order valence-electron chi connectivity index (χ2n) is 7.32. The molecule has 0 radical (unpaired) electrons. The molecule has 0 unspecified atom stereocenters. The maximum atomic E-state index is 11.3. The van der Waals surface area contributed by atoms with Crippen molar-refractivity contribution in [2.45, 2.75) is 13.3 Å². The van der Waals surface area contributed by atoms with Crippen molar-refractivity contribution in [2.24, 2.45) is 0 Å². The third-order valence-corrected chi connectivity index (χ3v) is 5.22. The topological polar surface area (TPSA) is 45.9 Å². The van der Waals surface area contributed by atoms with E-state index < -0.39 is 0 Å².